The summed E-state index contributed by atoms with van der Waals surface area (Å²) in [6.07, 6.45) is 6.52. The topological polar surface area (TPSA) is 50.8 Å². The molecule has 0 aromatic carbocycles. The predicted molar refractivity (Wildman–Crippen MR) is 86.9 cm³/mol. The van der Waals surface area contributed by atoms with Crippen molar-refractivity contribution in [3.8, 4) is 0 Å². The number of carbonyl (C=O) groups is 1. The fraction of sp³-hybridized carbons (Fsp3) is 0.941. The maximum Gasteiger partial charge on any atom is 0.220 e. The summed E-state index contributed by atoms with van der Waals surface area (Å²) in [6.45, 7) is 8.02. The van der Waals surface area contributed by atoms with E-state index in [0.717, 1.165) is 45.9 Å². The first-order valence-corrected chi connectivity index (χ1v) is 8.97. The van der Waals surface area contributed by atoms with E-state index >= 15 is 0 Å². The lowest BCUT2D eigenvalue weighted by molar-refractivity contribution is -0.121. The zero-order chi connectivity index (χ0) is 15.6. The number of nitrogens with zero attached hydrogens (tertiary/aromatic N) is 1. The molecule has 1 aliphatic carbocycles. The molecular formula is C17H32N2O3. The molecule has 0 aromatic rings. The number of morpholine rings is 1. The van der Waals surface area contributed by atoms with Crippen LogP contribution in [0.4, 0.5) is 0 Å². The van der Waals surface area contributed by atoms with Crippen molar-refractivity contribution in [3.05, 3.63) is 0 Å². The van der Waals surface area contributed by atoms with Crippen LogP contribution in [0.1, 0.15) is 45.4 Å². The number of rotatable bonds is 8. The molecule has 0 radical (unpaired) electrons. The van der Waals surface area contributed by atoms with Gasteiger partial charge in [-0.25, -0.2) is 0 Å². The summed E-state index contributed by atoms with van der Waals surface area (Å²) in [7, 11) is 0. The van der Waals surface area contributed by atoms with Gasteiger partial charge in [-0.1, -0.05) is 12.8 Å². The zero-order valence-electron chi connectivity index (χ0n) is 14.0. The molecule has 0 aromatic heterocycles. The quantitative estimate of drug-likeness (QED) is 0.695. The van der Waals surface area contributed by atoms with Crippen LogP contribution in [0.3, 0.4) is 0 Å². The number of carbonyl (C=O) groups excluding carboxylic acids is 1. The third kappa shape index (κ3) is 5.86. The van der Waals surface area contributed by atoms with Crippen molar-refractivity contribution in [2.24, 2.45) is 5.92 Å². The SMILES string of the molecule is CCOCCCC(=O)NC[C@@H]1CCCC[C@@H]1N1CCOCC1. The van der Waals surface area contributed by atoms with Crippen LogP contribution in [0.25, 0.3) is 0 Å². The van der Waals surface area contributed by atoms with Crippen molar-refractivity contribution in [2.75, 3.05) is 46.1 Å². The van der Waals surface area contributed by atoms with E-state index in [0.29, 0.717) is 25.0 Å². The van der Waals surface area contributed by atoms with Crippen molar-refractivity contribution in [2.45, 2.75) is 51.5 Å². The van der Waals surface area contributed by atoms with Gasteiger partial charge in [-0.15, -0.1) is 0 Å². The molecule has 5 heteroatoms. The van der Waals surface area contributed by atoms with Crippen molar-refractivity contribution < 1.29 is 14.3 Å². The second-order valence-corrected chi connectivity index (χ2v) is 6.36. The molecule has 2 atom stereocenters. The van der Waals surface area contributed by atoms with Gasteiger partial charge < -0.3 is 14.8 Å². The van der Waals surface area contributed by atoms with Gasteiger partial charge in [0.2, 0.25) is 5.91 Å². The van der Waals surface area contributed by atoms with E-state index in [4.69, 9.17) is 9.47 Å². The Labute approximate surface area is 134 Å². The Hall–Kier alpha value is -0.650. The van der Waals surface area contributed by atoms with E-state index < -0.39 is 0 Å². The Morgan fingerprint density at radius 3 is 2.82 bits per heavy atom. The van der Waals surface area contributed by atoms with E-state index in [1.165, 1.54) is 25.7 Å². The molecule has 128 valence electrons. The van der Waals surface area contributed by atoms with Crippen LogP contribution < -0.4 is 5.32 Å². The molecule has 1 aliphatic heterocycles. The third-order valence-electron chi connectivity index (χ3n) is 4.84. The van der Waals surface area contributed by atoms with Gasteiger partial charge in [0.15, 0.2) is 0 Å². The number of hydrogen-bond acceptors (Lipinski definition) is 4. The molecule has 2 rings (SSSR count). The molecule has 1 saturated heterocycles. The summed E-state index contributed by atoms with van der Waals surface area (Å²) in [5.41, 5.74) is 0. The summed E-state index contributed by atoms with van der Waals surface area (Å²) in [5, 5.41) is 3.15. The molecule has 1 heterocycles. The fourth-order valence-electron chi connectivity index (χ4n) is 3.63. The van der Waals surface area contributed by atoms with E-state index in [1.807, 2.05) is 6.92 Å². The van der Waals surface area contributed by atoms with Gasteiger partial charge in [-0.2, -0.15) is 0 Å². The largest absolute Gasteiger partial charge is 0.382 e. The average Bonchev–Trinajstić information content (AvgIpc) is 2.58. The standard InChI is InChI=1S/C17H32N2O3/c1-2-21-11-5-8-17(20)18-14-15-6-3-4-7-16(15)19-9-12-22-13-10-19/h15-16H,2-14H2,1H3,(H,18,20)/t15-,16-/m0/s1. The maximum atomic E-state index is 11.9. The second-order valence-electron chi connectivity index (χ2n) is 6.36. The molecule has 5 nitrogen and oxygen atoms in total. The Balaban J connectivity index is 1.70. The Bertz CT molecular complexity index is 319. The highest BCUT2D eigenvalue weighted by atomic mass is 16.5. The van der Waals surface area contributed by atoms with Crippen molar-refractivity contribution in [1.29, 1.82) is 0 Å². The van der Waals surface area contributed by atoms with Gasteiger partial charge in [-0.3, -0.25) is 9.69 Å². The first-order valence-electron chi connectivity index (χ1n) is 8.97. The van der Waals surface area contributed by atoms with Crippen LogP contribution >= 0.6 is 0 Å². The molecule has 22 heavy (non-hydrogen) atoms. The monoisotopic (exact) mass is 312 g/mol. The van der Waals surface area contributed by atoms with Crippen LogP contribution in [0.5, 0.6) is 0 Å². The summed E-state index contributed by atoms with van der Waals surface area (Å²) in [6, 6.07) is 0.626. The molecule has 0 spiro atoms. The lowest BCUT2D eigenvalue weighted by Crippen LogP contribution is -2.50. The summed E-state index contributed by atoms with van der Waals surface area (Å²) < 4.78 is 10.7. The zero-order valence-corrected chi connectivity index (χ0v) is 14.0. The van der Waals surface area contributed by atoms with E-state index in [2.05, 4.69) is 10.2 Å². The van der Waals surface area contributed by atoms with Crippen molar-refractivity contribution in [1.82, 2.24) is 10.2 Å². The Kier molecular flexibility index (Phi) is 8.20. The molecule has 0 bridgehead atoms. The normalized spacial score (nSPS) is 26.8. The second kappa shape index (κ2) is 10.2. The molecule has 1 saturated carbocycles. The average molecular weight is 312 g/mol. The molecule has 2 aliphatic rings. The minimum Gasteiger partial charge on any atom is -0.382 e. The minimum absolute atomic E-state index is 0.172. The highest BCUT2D eigenvalue weighted by Crippen LogP contribution is 2.28. The van der Waals surface area contributed by atoms with Crippen LogP contribution in [0.2, 0.25) is 0 Å². The van der Waals surface area contributed by atoms with Crippen molar-refractivity contribution >= 4 is 5.91 Å². The van der Waals surface area contributed by atoms with Gasteiger partial charge in [0.05, 0.1) is 13.2 Å². The van der Waals surface area contributed by atoms with Gasteiger partial charge in [0.1, 0.15) is 0 Å². The van der Waals surface area contributed by atoms with Crippen LogP contribution in [0, 0.1) is 5.92 Å². The molecule has 1 N–H and O–H groups in total. The summed E-state index contributed by atoms with van der Waals surface area (Å²) >= 11 is 0. The Morgan fingerprint density at radius 2 is 2.05 bits per heavy atom. The number of nitrogens with one attached hydrogen (secondary N) is 1. The number of hydrogen-bond donors (Lipinski definition) is 1. The van der Waals surface area contributed by atoms with Crippen LogP contribution in [-0.2, 0) is 14.3 Å². The van der Waals surface area contributed by atoms with E-state index in [-0.39, 0.29) is 5.91 Å². The van der Waals surface area contributed by atoms with Gasteiger partial charge in [0.25, 0.3) is 0 Å². The molecule has 0 unspecified atom stereocenters. The first-order chi connectivity index (χ1) is 10.8. The smallest absolute Gasteiger partial charge is 0.220 e. The van der Waals surface area contributed by atoms with Crippen LogP contribution in [0.15, 0.2) is 0 Å². The van der Waals surface area contributed by atoms with E-state index in [9.17, 15) is 4.79 Å². The lowest BCUT2D eigenvalue weighted by atomic mass is 9.83. The molecule has 2 fully saturated rings. The molecular weight excluding hydrogens is 280 g/mol. The minimum atomic E-state index is 0.172. The predicted octanol–water partition coefficient (Wildman–Crippen LogP) is 1.81. The van der Waals surface area contributed by atoms with Gasteiger partial charge in [0, 0.05) is 45.3 Å². The first kappa shape index (κ1) is 17.7. The summed E-state index contributed by atoms with van der Waals surface area (Å²) in [4.78, 5) is 14.5. The van der Waals surface area contributed by atoms with Gasteiger partial charge >= 0.3 is 0 Å². The molecule has 1 amide bonds. The third-order valence-corrected chi connectivity index (χ3v) is 4.84. The fourth-order valence-corrected chi connectivity index (χ4v) is 3.63. The number of amides is 1. The highest BCUT2D eigenvalue weighted by molar-refractivity contribution is 5.75. The summed E-state index contributed by atoms with van der Waals surface area (Å²) in [5.74, 6) is 0.772. The lowest BCUT2D eigenvalue weighted by Gasteiger charge is -2.41. The highest BCUT2D eigenvalue weighted by Gasteiger charge is 2.31. The Morgan fingerprint density at radius 1 is 1.27 bits per heavy atom. The van der Waals surface area contributed by atoms with E-state index in [1.54, 1.807) is 0 Å². The maximum absolute atomic E-state index is 11.9. The van der Waals surface area contributed by atoms with Gasteiger partial charge in [-0.05, 0) is 32.1 Å². The van der Waals surface area contributed by atoms with Crippen molar-refractivity contribution in [3.63, 3.8) is 0 Å². The van der Waals surface area contributed by atoms with Crippen LogP contribution in [-0.4, -0.2) is 62.9 Å². The number of ether oxygens (including phenoxy) is 2.